The number of nitrogens with zero attached hydrogens (tertiary/aromatic N) is 1. The van der Waals surface area contributed by atoms with Crippen LogP contribution < -0.4 is 0 Å². The Morgan fingerprint density at radius 1 is 1.14 bits per heavy atom. The first-order valence-corrected chi connectivity index (χ1v) is 11.4. The maximum Gasteiger partial charge on any atom is 0.142 e. The third-order valence-corrected chi connectivity index (χ3v) is 9.83. The molecule has 29 heavy (non-hydrogen) atoms. The maximum atomic E-state index is 13.9. The number of aliphatic hydroxyl groups is 2. The summed E-state index contributed by atoms with van der Waals surface area (Å²) in [6.45, 7) is 6.86. The van der Waals surface area contributed by atoms with Crippen molar-refractivity contribution in [3.8, 4) is 0 Å². The molecular weight excluding hydrogens is 365 g/mol. The van der Waals surface area contributed by atoms with Crippen molar-refractivity contribution in [2.45, 2.75) is 77.4 Å². The van der Waals surface area contributed by atoms with Gasteiger partial charge in [-0.3, -0.25) is 4.98 Å². The Labute approximate surface area is 173 Å². The van der Waals surface area contributed by atoms with Crippen molar-refractivity contribution in [1.82, 2.24) is 4.98 Å². The summed E-state index contributed by atoms with van der Waals surface area (Å²) in [4.78, 5) is 4.10. The van der Waals surface area contributed by atoms with Crippen molar-refractivity contribution in [2.24, 2.45) is 34.5 Å². The van der Waals surface area contributed by atoms with E-state index in [9.17, 15) is 14.6 Å². The van der Waals surface area contributed by atoms with Gasteiger partial charge in [0.1, 0.15) is 5.82 Å². The number of hydrogen-bond donors (Lipinski definition) is 2. The van der Waals surface area contributed by atoms with Gasteiger partial charge in [-0.2, -0.15) is 0 Å². The lowest BCUT2D eigenvalue weighted by molar-refractivity contribution is -0.241. The molecule has 1 aromatic rings. The Morgan fingerprint density at radius 3 is 2.69 bits per heavy atom. The van der Waals surface area contributed by atoms with E-state index in [1.807, 2.05) is 0 Å². The second-order valence-corrected chi connectivity index (χ2v) is 11.0. The van der Waals surface area contributed by atoms with Gasteiger partial charge in [0, 0.05) is 12.6 Å². The largest absolute Gasteiger partial charge is 0.393 e. The molecule has 0 bridgehead atoms. The number of hydrogen-bond acceptors (Lipinski definition) is 3. The maximum absolute atomic E-state index is 13.9. The van der Waals surface area contributed by atoms with Crippen LogP contribution in [0.25, 0.3) is 5.57 Å². The molecule has 0 aromatic carbocycles. The Balaban J connectivity index is 1.49. The van der Waals surface area contributed by atoms with E-state index < -0.39 is 5.60 Å². The fourth-order valence-corrected chi connectivity index (χ4v) is 8.23. The Hall–Kier alpha value is -1.26. The molecule has 8 atom stereocenters. The summed E-state index contributed by atoms with van der Waals surface area (Å²) in [5, 5.41) is 22.1. The van der Waals surface area contributed by atoms with Crippen LogP contribution in [0, 0.1) is 40.3 Å². The number of aliphatic hydroxyl groups excluding tert-OH is 1. The lowest BCUT2D eigenvalue weighted by atomic mass is 9.41. The molecule has 3 fully saturated rings. The van der Waals surface area contributed by atoms with Crippen molar-refractivity contribution < 1.29 is 14.6 Å². The van der Waals surface area contributed by atoms with Crippen molar-refractivity contribution in [3.63, 3.8) is 0 Å². The van der Waals surface area contributed by atoms with Crippen molar-refractivity contribution >= 4 is 5.57 Å². The molecule has 0 amide bonds. The van der Waals surface area contributed by atoms with Crippen molar-refractivity contribution in [2.75, 3.05) is 0 Å². The minimum absolute atomic E-state index is 0.0519. The third kappa shape index (κ3) is 2.57. The summed E-state index contributed by atoms with van der Waals surface area (Å²) in [5.41, 5.74) is 1.36. The molecule has 0 aliphatic heterocycles. The molecule has 8 unspecified atom stereocenters. The molecule has 2 N–H and O–H groups in total. The average molecular weight is 400 g/mol. The molecule has 3 saturated carbocycles. The smallest absolute Gasteiger partial charge is 0.142 e. The molecule has 4 aliphatic carbocycles. The molecule has 0 spiro atoms. The van der Waals surface area contributed by atoms with Gasteiger partial charge in [0.05, 0.1) is 17.9 Å². The number of aromatic nitrogens is 1. The van der Waals surface area contributed by atoms with Crippen LogP contribution in [0.15, 0.2) is 24.5 Å². The van der Waals surface area contributed by atoms with Gasteiger partial charge in [-0.05, 0) is 90.2 Å². The van der Waals surface area contributed by atoms with Crippen LogP contribution >= 0.6 is 0 Å². The number of halogens is 1. The Bertz CT molecular complexity index is 855. The number of fused-ring (bicyclic) bond motifs is 5. The summed E-state index contributed by atoms with van der Waals surface area (Å²) in [6.07, 6.45) is 11.5. The SMILES string of the molecule is CC1CC2C3CC=C(c4cncc(F)c4)C3(C)CCC2C2(C)CCC(O)CC12O. The van der Waals surface area contributed by atoms with Gasteiger partial charge in [-0.1, -0.05) is 26.8 Å². The van der Waals surface area contributed by atoms with E-state index in [1.54, 1.807) is 12.3 Å². The van der Waals surface area contributed by atoms with Gasteiger partial charge in [0.25, 0.3) is 0 Å². The second kappa shape index (κ2) is 6.37. The van der Waals surface area contributed by atoms with Crippen molar-refractivity contribution in [1.29, 1.82) is 0 Å². The molecule has 1 aromatic heterocycles. The van der Waals surface area contributed by atoms with Gasteiger partial charge in [0.15, 0.2) is 0 Å². The quantitative estimate of drug-likeness (QED) is 0.700. The zero-order valence-corrected chi connectivity index (χ0v) is 17.9. The standard InChI is InChI=1S/C25H34FNO2/c1-15-10-19-21-5-4-20(16-11-17(26)14-27-13-16)23(21,2)8-7-22(19)24(3)9-6-18(28)12-25(15,24)29/h4,11,13-15,18-19,21-22,28-29H,5-10,12H2,1-3H3. The number of rotatable bonds is 1. The van der Waals surface area contributed by atoms with E-state index in [-0.39, 0.29) is 28.7 Å². The fraction of sp³-hybridized carbons (Fsp3) is 0.720. The monoisotopic (exact) mass is 399 g/mol. The minimum Gasteiger partial charge on any atom is -0.393 e. The summed E-state index contributed by atoms with van der Waals surface area (Å²) >= 11 is 0. The highest BCUT2D eigenvalue weighted by Crippen LogP contribution is 2.69. The van der Waals surface area contributed by atoms with E-state index in [2.05, 4.69) is 31.8 Å². The van der Waals surface area contributed by atoms with Gasteiger partial charge >= 0.3 is 0 Å². The minimum atomic E-state index is -0.763. The van der Waals surface area contributed by atoms with Crippen LogP contribution in [0.4, 0.5) is 4.39 Å². The summed E-state index contributed by atoms with van der Waals surface area (Å²) in [7, 11) is 0. The first kappa shape index (κ1) is 19.7. The lowest BCUT2D eigenvalue weighted by Crippen LogP contribution is -2.66. The van der Waals surface area contributed by atoms with Gasteiger partial charge in [-0.25, -0.2) is 4.39 Å². The number of pyridine rings is 1. The van der Waals surface area contributed by atoms with E-state index >= 15 is 0 Å². The zero-order valence-electron chi connectivity index (χ0n) is 17.9. The molecule has 4 aliphatic rings. The highest BCUT2D eigenvalue weighted by molar-refractivity contribution is 5.72. The zero-order chi connectivity index (χ0) is 20.6. The molecule has 158 valence electrons. The van der Waals surface area contributed by atoms with Crippen LogP contribution in [0.1, 0.15) is 71.3 Å². The fourth-order valence-electron chi connectivity index (χ4n) is 8.23. The molecule has 4 heteroatoms. The van der Waals surface area contributed by atoms with E-state index in [0.717, 1.165) is 44.1 Å². The lowest BCUT2D eigenvalue weighted by Gasteiger charge is -2.66. The first-order chi connectivity index (χ1) is 13.7. The predicted molar refractivity (Wildman–Crippen MR) is 111 cm³/mol. The van der Waals surface area contributed by atoms with E-state index in [1.165, 1.54) is 11.8 Å². The molecule has 5 rings (SSSR count). The van der Waals surface area contributed by atoms with E-state index in [0.29, 0.717) is 24.2 Å². The van der Waals surface area contributed by atoms with Crippen LogP contribution in [0.2, 0.25) is 0 Å². The van der Waals surface area contributed by atoms with Crippen LogP contribution in [-0.2, 0) is 0 Å². The van der Waals surface area contributed by atoms with Crippen molar-refractivity contribution in [3.05, 3.63) is 35.9 Å². The first-order valence-electron chi connectivity index (χ1n) is 11.4. The number of allylic oxidation sites excluding steroid dienone is 2. The summed E-state index contributed by atoms with van der Waals surface area (Å²) < 4.78 is 13.9. The van der Waals surface area contributed by atoms with Gasteiger partial charge < -0.3 is 10.2 Å². The van der Waals surface area contributed by atoms with E-state index in [4.69, 9.17) is 0 Å². The Kier molecular flexibility index (Phi) is 4.32. The second-order valence-electron chi connectivity index (χ2n) is 11.0. The summed E-state index contributed by atoms with van der Waals surface area (Å²) in [5.74, 6) is 1.52. The molecule has 0 saturated heterocycles. The van der Waals surface area contributed by atoms with Crippen LogP contribution in [0.3, 0.4) is 0 Å². The highest BCUT2D eigenvalue weighted by atomic mass is 19.1. The molecule has 0 radical (unpaired) electrons. The van der Waals surface area contributed by atoms with Crippen LogP contribution in [0.5, 0.6) is 0 Å². The third-order valence-electron chi connectivity index (χ3n) is 9.83. The van der Waals surface area contributed by atoms with Crippen LogP contribution in [-0.4, -0.2) is 26.9 Å². The van der Waals surface area contributed by atoms with Gasteiger partial charge in [0.2, 0.25) is 0 Å². The normalized spacial score (nSPS) is 49.0. The Morgan fingerprint density at radius 2 is 1.93 bits per heavy atom. The molecular formula is C25H34FNO2. The molecule has 3 nitrogen and oxygen atoms in total. The topological polar surface area (TPSA) is 53.4 Å². The highest BCUT2D eigenvalue weighted by Gasteiger charge is 2.65. The molecule has 1 heterocycles. The summed E-state index contributed by atoms with van der Waals surface area (Å²) in [6, 6.07) is 1.63. The van der Waals surface area contributed by atoms with Gasteiger partial charge in [-0.15, -0.1) is 0 Å². The average Bonchev–Trinajstić information content (AvgIpc) is 3.02. The predicted octanol–water partition coefficient (Wildman–Crippen LogP) is 4.98.